The van der Waals surface area contributed by atoms with Gasteiger partial charge in [-0.05, 0) is 73.2 Å². The van der Waals surface area contributed by atoms with Gasteiger partial charge in [0.1, 0.15) is 17.3 Å². The van der Waals surface area contributed by atoms with E-state index >= 15 is 0 Å². The van der Waals surface area contributed by atoms with Crippen molar-refractivity contribution in [2.45, 2.75) is 41.9 Å². The van der Waals surface area contributed by atoms with Gasteiger partial charge in [-0.25, -0.2) is 9.18 Å². The summed E-state index contributed by atoms with van der Waals surface area (Å²) in [5, 5.41) is 15.8. The van der Waals surface area contributed by atoms with E-state index in [1.54, 1.807) is 35.7 Å². The van der Waals surface area contributed by atoms with Gasteiger partial charge in [-0.3, -0.25) is 9.78 Å². The summed E-state index contributed by atoms with van der Waals surface area (Å²) in [6.45, 7) is 2.39. The van der Waals surface area contributed by atoms with Crippen molar-refractivity contribution < 1.29 is 18.7 Å². The Balaban J connectivity index is 1.35. The van der Waals surface area contributed by atoms with E-state index in [0.29, 0.717) is 53.2 Å². The van der Waals surface area contributed by atoms with E-state index in [2.05, 4.69) is 16.3 Å². The zero-order chi connectivity index (χ0) is 32.8. The summed E-state index contributed by atoms with van der Waals surface area (Å²) in [6.07, 6.45) is 1.20. The van der Waals surface area contributed by atoms with Crippen molar-refractivity contribution in [3.8, 4) is 16.9 Å². The molecule has 47 heavy (non-hydrogen) atoms. The van der Waals surface area contributed by atoms with Gasteiger partial charge in [-0.1, -0.05) is 17.7 Å². The molecule has 0 unspecified atom stereocenters. The molecule has 1 aliphatic rings. The summed E-state index contributed by atoms with van der Waals surface area (Å²) in [5.41, 5.74) is 7.83. The summed E-state index contributed by atoms with van der Waals surface area (Å²) < 4.78 is 29.8. The summed E-state index contributed by atoms with van der Waals surface area (Å²) in [6, 6.07) is 14.8. The molecule has 0 saturated carbocycles. The fourth-order valence-electron chi connectivity index (χ4n) is 6.46. The van der Waals surface area contributed by atoms with Crippen LogP contribution in [0.15, 0.2) is 53.4 Å². The quantitative estimate of drug-likeness (QED) is 0.174. The number of carbonyl (C=O) groups is 1. The number of H-pyrrole nitrogens is 1. The molecule has 0 radical (unpaired) electrons. The Morgan fingerprint density at radius 1 is 1.06 bits per heavy atom. The minimum absolute atomic E-state index is 0.292. The lowest BCUT2D eigenvalue weighted by molar-refractivity contribution is 0.0589. The molecular formula is C35H33ClFN5O3S2. The highest BCUT2D eigenvalue weighted by atomic mass is 35.5. The summed E-state index contributed by atoms with van der Waals surface area (Å²) in [4.78, 5) is 14.2. The molecule has 0 amide bonds. The lowest BCUT2D eigenvalue weighted by atomic mass is 9.98. The zero-order valence-electron chi connectivity index (χ0n) is 26.4. The van der Waals surface area contributed by atoms with Crippen molar-refractivity contribution in [1.29, 1.82) is 0 Å². The normalized spacial score (nSPS) is 14.2. The molecule has 0 fully saturated rings. The molecule has 242 valence electrons. The number of halogens is 2. The number of nitrogens with zero attached hydrogens (tertiary/aromatic N) is 4. The predicted octanol–water partition coefficient (Wildman–Crippen LogP) is 8.39. The average molecular weight is 690 g/mol. The lowest BCUT2D eigenvalue weighted by Gasteiger charge is -2.13. The number of rotatable bonds is 1. The van der Waals surface area contributed by atoms with E-state index in [9.17, 15) is 9.18 Å². The Kier molecular flexibility index (Phi) is 8.71. The molecule has 3 aromatic carbocycles. The second-order valence-electron chi connectivity index (χ2n) is 11.6. The van der Waals surface area contributed by atoms with Crippen molar-refractivity contribution in [1.82, 2.24) is 24.5 Å². The van der Waals surface area contributed by atoms with E-state index < -0.39 is 5.97 Å². The van der Waals surface area contributed by atoms with Crippen LogP contribution in [0.4, 0.5) is 4.39 Å². The monoisotopic (exact) mass is 689 g/mol. The topological polar surface area (TPSA) is 87.0 Å². The SMILES string of the molecule is COC(=O)c1c2c3ccc(Cl)c(c3n1C)-c1c(n[nH]c1C)CSCc1cc(n(C)n1)CSc1cc(c3ccc(F)cc3c1)OCCC2. The Morgan fingerprint density at radius 2 is 1.89 bits per heavy atom. The molecule has 3 aromatic heterocycles. The number of aryl methyl sites for hydroxylation is 4. The van der Waals surface area contributed by atoms with Gasteiger partial charge in [0, 0.05) is 69.5 Å². The second kappa shape index (κ2) is 12.9. The predicted molar refractivity (Wildman–Crippen MR) is 187 cm³/mol. The first kappa shape index (κ1) is 31.7. The number of benzene rings is 3. The van der Waals surface area contributed by atoms with E-state index in [0.717, 1.165) is 66.0 Å². The van der Waals surface area contributed by atoms with Crippen LogP contribution in [-0.4, -0.2) is 44.2 Å². The zero-order valence-corrected chi connectivity index (χ0v) is 28.8. The van der Waals surface area contributed by atoms with Gasteiger partial charge in [0.2, 0.25) is 0 Å². The number of thioether (sulfide) groups is 2. The number of fused-ring (bicyclic) bond motifs is 8. The highest BCUT2D eigenvalue weighted by molar-refractivity contribution is 7.98. The first-order valence-electron chi connectivity index (χ1n) is 15.2. The maximum absolute atomic E-state index is 14.3. The molecule has 1 aliphatic heterocycles. The fourth-order valence-corrected chi connectivity index (χ4v) is 8.55. The molecule has 1 N–H and O–H groups in total. The Hall–Kier alpha value is -3.93. The van der Waals surface area contributed by atoms with Crippen LogP contribution in [0, 0.1) is 12.7 Å². The van der Waals surface area contributed by atoms with Crippen LogP contribution < -0.4 is 4.74 Å². The number of hydrogen-bond acceptors (Lipinski definition) is 7. The molecule has 0 atom stereocenters. The molecule has 4 heterocycles. The number of hydrogen-bond donors (Lipinski definition) is 1. The first-order chi connectivity index (χ1) is 22.7. The summed E-state index contributed by atoms with van der Waals surface area (Å²) in [7, 11) is 5.24. The molecule has 8 nitrogen and oxygen atoms in total. The molecule has 0 aliphatic carbocycles. The highest BCUT2D eigenvalue weighted by Gasteiger charge is 2.27. The molecule has 7 rings (SSSR count). The third-order valence-corrected chi connectivity index (χ3v) is 10.9. The van der Waals surface area contributed by atoms with E-state index in [1.165, 1.54) is 13.2 Å². The van der Waals surface area contributed by atoms with Crippen LogP contribution in [0.5, 0.6) is 5.75 Å². The first-order valence-corrected chi connectivity index (χ1v) is 17.8. The Morgan fingerprint density at radius 3 is 2.72 bits per heavy atom. The molecule has 12 heteroatoms. The number of methoxy groups -OCH3 is 1. The van der Waals surface area contributed by atoms with Crippen molar-refractivity contribution in [2.24, 2.45) is 14.1 Å². The third kappa shape index (κ3) is 5.89. The van der Waals surface area contributed by atoms with Crippen molar-refractivity contribution in [2.75, 3.05) is 13.7 Å². The maximum Gasteiger partial charge on any atom is 0.354 e. The lowest BCUT2D eigenvalue weighted by Crippen LogP contribution is -2.11. The van der Waals surface area contributed by atoms with E-state index in [4.69, 9.17) is 26.2 Å². The Bertz CT molecular complexity index is 2170. The second-order valence-corrected chi connectivity index (χ2v) is 14.1. The third-order valence-electron chi connectivity index (χ3n) is 8.64. The van der Waals surface area contributed by atoms with Crippen LogP contribution in [0.2, 0.25) is 5.02 Å². The smallest absolute Gasteiger partial charge is 0.354 e. The number of nitrogens with one attached hydrogen (secondary N) is 1. The maximum atomic E-state index is 14.3. The minimum atomic E-state index is -0.414. The van der Waals surface area contributed by atoms with Gasteiger partial charge >= 0.3 is 5.97 Å². The van der Waals surface area contributed by atoms with Crippen molar-refractivity contribution in [3.05, 3.63) is 93.4 Å². The van der Waals surface area contributed by atoms with Crippen LogP contribution in [0.1, 0.15) is 45.2 Å². The number of aromatic nitrogens is 5. The molecule has 0 saturated heterocycles. The van der Waals surface area contributed by atoms with Crippen LogP contribution in [0.25, 0.3) is 32.8 Å². The highest BCUT2D eigenvalue weighted by Crippen LogP contribution is 2.42. The molecule has 6 aromatic rings. The summed E-state index contributed by atoms with van der Waals surface area (Å²) in [5.74, 6) is 2.04. The number of carbonyl (C=O) groups excluding carboxylic acids is 1. The number of esters is 1. The van der Waals surface area contributed by atoms with Gasteiger partial charge in [0.15, 0.2) is 0 Å². The van der Waals surface area contributed by atoms with Gasteiger partial charge in [0.05, 0.1) is 35.6 Å². The minimum Gasteiger partial charge on any atom is -0.493 e. The number of aromatic amines is 1. The van der Waals surface area contributed by atoms with Crippen molar-refractivity contribution >= 4 is 62.8 Å². The van der Waals surface area contributed by atoms with Crippen LogP contribution in [-0.2, 0) is 42.5 Å². The van der Waals surface area contributed by atoms with Crippen LogP contribution in [0.3, 0.4) is 0 Å². The van der Waals surface area contributed by atoms with Gasteiger partial charge in [-0.15, -0.1) is 23.5 Å². The van der Waals surface area contributed by atoms with Gasteiger partial charge < -0.3 is 14.0 Å². The van der Waals surface area contributed by atoms with Gasteiger partial charge in [-0.2, -0.15) is 10.2 Å². The van der Waals surface area contributed by atoms with Crippen LogP contribution >= 0.6 is 35.1 Å². The number of ether oxygens (including phenoxy) is 2. The Labute approximate surface area is 285 Å². The van der Waals surface area contributed by atoms with E-state index in [-0.39, 0.29) is 5.82 Å². The fraction of sp³-hybridized carbons (Fsp3) is 0.286. The molecule has 8 bridgehead atoms. The largest absolute Gasteiger partial charge is 0.493 e. The average Bonchev–Trinajstić information content (AvgIpc) is 3.69. The standard InChI is InChI=1S/C35H33ClFN5O3S2/c1-19-31-29(39-38-19)18-46-16-22-14-23(42(3)40-22)17-47-24-13-20-12-21(37)7-8-25(20)30(15-24)45-11-5-6-26-27-9-10-28(36)32(31)33(27)41(2)34(26)35(43)44-4/h7-10,12-15H,5-6,11,16-18H2,1-4H3,(H,38,39). The van der Waals surface area contributed by atoms with Gasteiger partial charge in [0.25, 0.3) is 0 Å². The molecule has 0 spiro atoms. The van der Waals surface area contributed by atoms with Crippen molar-refractivity contribution in [3.63, 3.8) is 0 Å². The van der Waals surface area contributed by atoms with E-state index in [1.807, 2.05) is 54.5 Å². The molecular weight excluding hydrogens is 657 g/mol. The summed E-state index contributed by atoms with van der Waals surface area (Å²) >= 11 is 10.4.